The molecule has 1 aromatic rings. The van der Waals surface area contributed by atoms with Crippen molar-refractivity contribution < 1.29 is 23.1 Å². The molecule has 33 heavy (non-hydrogen) atoms. The third-order valence-electron chi connectivity index (χ3n) is 6.44. The highest BCUT2D eigenvalue weighted by atomic mass is 19.2. The van der Waals surface area contributed by atoms with E-state index < -0.39 is 29.6 Å². The fourth-order valence-electron chi connectivity index (χ4n) is 4.44. The zero-order valence-electron chi connectivity index (χ0n) is 20.3. The van der Waals surface area contributed by atoms with Crippen LogP contribution in [0.1, 0.15) is 114 Å². The highest BCUT2D eigenvalue weighted by molar-refractivity contribution is 5.97. The summed E-state index contributed by atoms with van der Waals surface area (Å²) in [7, 11) is 0. The van der Waals surface area contributed by atoms with Crippen LogP contribution in [0, 0.1) is 11.6 Å². The number of esters is 1. The van der Waals surface area contributed by atoms with Crippen LogP contribution in [0.2, 0.25) is 0 Å². The van der Waals surface area contributed by atoms with Gasteiger partial charge in [-0.15, -0.1) is 0 Å². The average molecular weight is 466 g/mol. The summed E-state index contributed by atoms with van der Waals surface area (Å²) in [5.74, 6) is -2.93. The fourth-order valence-corrected chi connectivity index (χ4v) is 4.44. The van der Waals surface area contributed by atoms with Crippen LogP contribution in [0.15, 0.2) is 18.2 Å². The lowest BCUT2D eigenvalue weighted by molar-refractivity contribution is -0.148. The smallest absolute Gasteiger partial charge is 0.328 e. The Hall–Kier alpha value is -1.98. The second-order valence-electron chi connectivity index (χ2n) is 9.20. The minimum absolute atomic E-state index is 0.0464. The van der Waals surface area contributed by atoms with Crippen molar-refractivity contribution in [3.63, 3.8) is 0 Å². The number of ether oxygens (including phenoxy) is 1. The molecule has 0 aromatic heterocycles. The maximum atomic E-state index is 13.5. The molecule has 1 atom stereocenters. The molecule has 0 aliphatic carbocycles. The minimum atomic E-state index is -1.07. The van der Waals surface area contributed by atoms with E-state index >= 15 is 0 Å². The number of amides is 1. The van der Waals surface area contributed by atoms with Gasteiger partial charge >= 0.3 is 5.97 Å². The van der Waals surface area contributed by atoms with Gasteiger partial charge in [0, 0.05) is 12.1 Å². The zero-order valence-corrected chi connectivity index (χ0v) is 20.3. The molecule has 1 amide bonds. The van der Waals surface area contributed by atoms with Gasteiger partial charge in [0.1, 0.15) is 6.04 Å². The number of unbranched alkanes of at least 4 members (excludes halogenated alkanes) is 12. The summed E-state index contributed by atoms with van der Waals surface area (Å²) < 4.78 is 32.0. The standard InChI is InChI=1S/C27H41F2NO3/c1-2-3-4-5-6-7-8-9-10-11-12-13-14-20-33-27(32)25-16-15-19-30(25)26(31)22-17-18-23(28)24(29)21-22/h17-18,21,25H,2-16,19-20H2,1H3. The molecule has 2 rings (SSSR count). The van der Waals surface area contributed by atoms with Crippen molar-refractivity contribution >= 4 is 11.9 Å². The molecule has 0 N–H and O–H groups in total. The van der Waals surface area contributed by atoms with Crippen LogP contribution in [0.5, 0.6) is 0 Å². The summed E-state index contributed by atoms with van der Waals surface area (Å²) in [5.41, 5.74) is 0.0464. The van der Waals surface area contributed by atoms with E-state index in [0.29, 0.717) is 26.0 Å². The number of likely N-dealkylation sites (tertiary alicyclic amines) is 1. The zero-order chi connectivity index (χ0) is 23.9. The highest BCUT2D eigenvalue weighted by Crippen LogP contribution is 2.22. The van der Waals surface area contributed by atoms with E-state index in [1.165, 1.54) is 75.2 Å². The molecule has 1 saturated heterocycles. The predicted molar refractivity (Wildman–Crippen MR) is 127 cm³/mol. The van der Waals surface area contributed by atoms with Crippen LogP contribution < -0.4 is 0 Å². The van der Waals surface area contributed by atoms with Crippen molar-refractivity contribution in [2.75, 3.05) is 13.2 Å². The Morgan fingerprint density at radius 2 is 1.45 bits per heavy atom. The molecule has 0 spiro atoms. The number of rotatable bonds is 16. The molecule has 1 unspecified atom stereocenters. The molecule has 6 heteroatoms. The summed E-state index contributed by atoms with van der Waals surface area (Å²) in [6.07, 6.45) is 17.5. The van der Waals surface area contributed by atoms with Gasteiger partial charge in [-0.05, 0) is 37.5 Å². The molecular formula is C27H41F2NO3. The first-order valence-electron chi connectivity index (χ1n) is 13.0. The summed E-state index contributed by atoms with van der Waals surface area (Å²) in [5, 5.41) is 0. The second kappa shape index (κ2) is 15.8. The Kier molecular flexibility index (Phi) is 13.0. The average Bonchev–Trinajstić information content (AvgIpc) is 3.30. The van der Waals surface area contributed by atoms with E-state index in [4.69, 9.17) is 4.74 Å². The Morgan fingerprint density at radius 1 is 0.879 bits per heavy atom. The van der Waals surface area contributed by atoms with Crippen LogP contribution in [0.3, 0.4) is 0 Å². The number of halogens is 2. The molecule has 0 bridgehead atoms. The Morgan fingerprint density at radius 3 is 2.03 bits per heavy atom. The van der Waals surface area contributed by atoms with E-state index in [1.807, 2.05) is 0 Å². The number of hydrogen-bond acceptors (Lipinski definition) is 3. The summed E-state index contributed by atoms with van der Waals surface area (Å²) in [6, 6.07) is 2.41. The number of benzene rings is 1. The van der Waals surface area contributed by atoms with Gasteiger partial charge < -0.3 is 9.64 Å². The maximum absolute atomic E-state index is 13.5. The first-order valence-corrected chi connectivity index (χ1v) is 13.0. The monoisotopic (exact) mass is 465 g/mol. The molecule has 0 radical (unpaired) electrons. The van der Waals surface area contributed by atoms with Crippen molar-refractivity contribution in [3.05, 3.63) is 35.4 Å². The van der Waals surface area contributed by atoms with Gasteiger partial charge in [-0.1, -0.05) is 84.0 Å². The van der Waals surface area contributed by atoms with Gasteiger partial charge in [-0.2, -0.15) is 0 Å². The topological polar surface area (TPSA) is 46.6 Å². The lowest BCUT2D eigenvalue weighted by Gasteiger charge is -2.23. The van der Waals surface area contributed by atoms with Crippen LogP contribution in [0.4, 0.5) is 8.78 Å². The largest absolute Gasteiger partial charge is 0.464 e. The van der Waals surface area contributed by atoms with Gasteiger partial charge in [-0.25, -0.2) is 13.6 Å². The SMILES string of the molecule is CCCCCCCCCCCCCCCOC(=O)C1CCCN1C(=O)c1ccc(F)c(F)c1. The third-order valence-corrected chi connectivity index (χ3v) is 6.44. The Labute approximate surface area is 198 Å². The van der Waals surface area contributed by atoms with Crippen molar-refractivity contribution in [1.82, 2.24) is 4.90 Å². The first-order chi connectivity index (χ1) is 16.0. The molecule has 1 heterocycles. The minimum Gasteiger partial charge on any atom is -0.464 e. The summed E-state index contributed by atoms with van der Waals surface area (Å²) in [6.45, 7) is 3.02. The van der Waals surface area contributed by atoms with Crippen molar-refractivity contribution in [3.8, 4) is 0 Å². The molecule has 1 aromatic carbocycles. The van der Waals surface area contributed by atoms with Crippen LogP contribution in [-0.4, -0.2) is 36.0 Å². The van der Waals surface area contributed by atoms with Crippen LogP contribution >= 0.6 is 0 Å². The number of carbonyl (C=O) groups is 2. The van der Waals surface area contributed by atoms with E-state index in [-0.39, 0.29) is 5.56 Å². The van der Waals surface area contributed by atoms with E-state index in [1.54, 1.807) is 0 Å². The van der Waals surface area contributed by atoms with Gasteiger partial charge in [0.05, 0.1) is 6.61 Å². The van der Waals surface area contributed by atoms with Gasteiger partial charge in [-0.3, -0.25) is 4.79 Å². The molecule has 0 saturated carbocycles. The van der Waals surface area contributed by atoms with Gasteiger partial charge in [0.2, 0.25) is 0 Å². The third kappa shape index (κ3) is 9.81. The molecule has 1 aliphatic heterocycles. The van der Waals surface area contributed by atoms with E-state index in [2.05, 4.69) is 6.92 Å². The number of nitrogens with zero attached hydrogens (tertiary/aromatic N) is 1. The predicted octanol–water partition coefficient (Wildman–Crippen LogP) is 7.20. The lowest BCUT2D eigenvalue weighted by Crippen LogP contribution is -2.41. The number of carbonyl (C=O) groups excluding carboxylic acids is 2. The molecule has 1 fully saturated rings. The highest BCUT2D eigenvalue weighted by Gasteiger charge is 2.35. The van der Waals surface area contributed by atoms with Crippen LogP contribution in [-0.2, 0) is 9.53 Å². The lowest BCUT2D eigenvalue weighted by atomic mass is 10.0. The maximum Gasteiger partial charge on any atom is 0.328 e. The number of hydrogen-bond donors (Lipinski definition) is 0. The Bertz CT molecular complexity index is 725. The summed E-state index contributed by atoms with van der Waals surface area (Å²) in [4.78, 5) is 26.6. The molecular weight excluding hydrogens is 424 g/mol. The van der Waals surface area contributed by atoms with Crippen molar-refractivity contribution in [2.45, 2.75) is 109 Å². The molecule has 186 valence electrons. The normalized spacial score (nSPS) is 15.7. The molecule has 4 nitrogen and oxygen atoms in total. The van der Waals surface area contributed by atoms with Crippen molar-refractivity contribution in [2.24, 2.45) is 0 Å². The fraction of sp³-hybridized carbons (Fsp3) is 0.704. The summed E-state index contributed by atoms with van der Waals surface area (Å²) >= 11 is 0. The second-order valence-corrected chi connectivity index (χ2v) is 9.20. The van der Waals surface area contributed by atoms with Gasteiger partial charge in [0.25, 0.3) is 5.91 Å². The van der Waals surface area contributed by atoms with E-state index in [9.17, 15) is 18.4 Å². The van der Waals surface area contributed by atoms with Crippen molar-refractivity contribution in [1.29, 1.82) is 0 Å². The quantitative estimate of drug-likeness (QED) is 0.191. The Balaban J connectivity index is 1.54. The van der Waals surface area contributed by atoms with E-state index in [0.717, 1.165) is 31.4 Å². The van der Waals surface area contributed by atoms with Crippen LogP contribution in [0.25, 0.3) is 0 Å². The van der Waals surface area contributed by atoms with Gasteiger partial charge in [0.15, 0.2) is 11.6 Å². The molecule has 1 aliphatic rings. The first kappa shape index (κ1) is 27.3.